The number of piperazine rings is 1. The Bertz CT molecular complexity index is 823. The first-order valence-corrected chi connectivity index (χ1v) is 10.3. The third kappa shape index (κ3) is 5.70. The Kier molecular flexibility index (Phi) is 7.65. The number of rotatable bonds is 7. The van der Waals surface area contributed by atoms with Gasteiger partial charge in [0.25, 0.3) is 0 Å². The third-order valence-corrected chi connectivity index (χ3v) is 5.54. The van der Waals surface area contributed by atoms with Crippen LogP contribution in [0.4, 0.5) is 9.18 Å². The second kappa shape index (κ2) is 10.4. The molecule has 0 spiro atoms. The smallest absolute Gasteiger partial charge is 0.317 e. The predicted molar refractivity (Wildman–Crippen MR) is 116 cm³/mol. The lowest BCUT2D eigenvalue weighted by Gasteiger charge is -2.35. The van der Waals surface area contributed by atoms with Gasteiger partial charge in [0.2, 0.25) is 0 Å². The number of amides is 2. The van der Waals surface area contributed by atoms with Gasteiger partial charge in [-0.3, -0.25) is 4.90 Å². The molecule has 2 aromatic carbocycles. The van der Waals surface area contributed by atoms with Gasteiger partial charge in [-0.25, -0.2) is 9.18 Å². The third-order valence-electron chi connectivity index (χ3n) is 5.54. The molecule has 7 heteroatoms. The van der Waals surface area contributed by atoms with Crippen LogP contribution >= 0.6 is 0 Å². The van der Waals surface area contributed by atoms with Crippen LogP contribution in [0.5, 0.6) is 5.75 Å². The molecule has 0 aromatic heterocycles. The number of urea groups is 1. The number of halogens is 1. The zero-order valence-electron chi connectivity index (χ0n) is 18.0. The minimum Gasteiger partial charge on any atom is -0.494 e. The van der Waals surface area contributed by atoms with Gasteiger partial charge in [-0.1, -0.05) is 36.4 Å². The number of carbonyl (C=O) groups excluding carboxylic acids is 1. The zero-order chi connectivity index (χ0) is 21.5. The van der Waals surface area contributed by atoms with E-state index in [-0.39, 0.29) is 23.6 Å². The first-order valence-electron chi connectivity index (χ1n) is 10.3. The predicted octanol–water partition coefficient (Wildman–Crippen LogP) is 2.96. The quantitative estimate of drug-likeness (QED) is 0.757. The maximum absolute atomic E-state index is 13.9. The molecule has 3 rings (SSSR count). The van der Waals surface area contributed by atoms with Crippen LogP contribution in [-0.4, -0.2) is 74.7 Å². The molecule has 1 saturated heterocycles. The van der Waals surface area contributed by atoms with E-state index in [0.29, 0.717) is 26.2 Å². The summed E-state index contributed by atoms with van der Waals surface area (Å²) in [6.45, 7) is 4.05. The lowest BCUT2D eigenvalue weighted by molar-refractivity contribution is 0.133. The Balaban J connectivity index is 1.47. The zero-order valence-corrected chi connectivity index (χ0v) is 18.0. The molecule has 0 aliphatic carbocycles. The Morgan fingerprint density at radius 2 is 1.83 bits per heavy atom. The Hall–Kier alpha value is -2.64. The van der Waals surface area contributed by atoms with Crippen LogP contribution < -0.4 is 10.1 Å². The van der Waals surface area contributed by atoms with Crippen molar-refractivity contribution in [2.75, 3.05) is 53.9 Å². The molecule has 0 bridgehead atoms. The molecule has 1 heterocycles. The summed E-state index contributed by atoms with van der Waals surface area (Å²) in [6, 6.07) is 15.3. The van der Waals surface area contributed by atoms with Crippen molar-refractivity contribution in [2.24, 2.45) is 0 Å². The normalized spacial score (nSPS) is 15.8. The van der Waals surface area contributed by atoms with E-state index in [1.165, 1.54) is 18.7 Å². The molecule has 0 saturated carbocycles. The fourth-order valence-electron chi connectivity index (χ4n) is 3.75. The van der Waals surface area contributed by atoms with Crippen LogP contribution in [0.25, 0.3) is 0 Å². The second-order valence-corrected chi connectivity index (χ2v) is 7.81. The van der Waals surface area contributed by atoms with E-state index in [1.807, 2.05) is 43.3 Å². The number of benzene rings is 2. The van der Waals surface area contributed by atoms with E-state index in [9.17, 15) is 9.18 Å². The molecule has 162 valence electrons. The minimum absolute atomic E-state index is 0.0343. The van der Waals surface area contributed by atoms with E-state index in [0.717, 1.165) is 18.7 Å². The molecular weight excluding hydrogens is 383 g/mol. The van der Waals surface area contributed by atoms with Gasteiger partial charge in [0.1, 0.15) is 0 Å². The maximum Gasteiger partial charge on any atom is 0.317 e. The van der Waals surface area contributed by atoms with E-state index < -0.39 is 0 Å². The van der Waals surface area contributed by atoms with Crippen LogP contribution in [0.2, 0.25) is 0 Å². The van der Waals surface area contributed by atoms with Gasteiger partial charge < -0.3 is 19.9 Å². The highest BCUT2D eigenvalue weighted by Crippen LogP contribution is 2.19. The van der Waals surface area contributed by atoms with Crippen molar-refractivity contribution in [3.8, 4) is 5.75 Å². The van der Waals surface area contributed by atoms with E-state index in [4.69, 9.17) is 4.74 Å². The van der Waals surface area contributed by atoms with E-state index >= 15 is 0 Å². The fourth-order valence-corrected chi connectivity index (χ4v) is 3.75. The van der Waals surface area contributed by atoms with Crippen molar-refractivity contribution < 1.29 is 13.9 Å². The molecule has 2 aromatic rings. The Morgan fingerprint density at radius 1 is 1.13 bits per heavy atom. The van der Waals surface area contributed by atoms with E-state index in [2.05, 4.69) is 27.2 Å². The Labute approximate surface area is 178 Å². The maximum atomic E-state index is 13.9. The molecule has 2 amide bonds. The number of likely N-dealkylation sites (N-methyl/N-ethyl adjacent to an activating group) is 1. The lowest BCUT2D eigenvalue weighted by atomic mass is 10.1. The van der Waals surface area contributed by atoms with Crippen molar-refractivity contribution in [3.63, 3.8) is 0 Å². The number of nitrogens with one attached hydrogen (secondary N) is 1. The lowest BCUT2D eigenvalue weighted by Crippen LogP contribution is -2.52. The molecule has 1 fully saturated rings. The summed E-state index contributed by atoms with van der Waals surface area (Å²) >= 11 is 0. The first-order chi connectivity index (χ1) is 14.5. The van der Waals surface area contributed by atoms with Gasteiger partial charge in [0.15, 0.2) is 11.6 Å². The molecule has 1 N–H and O–H groups in total. The van der Waals surface area contributed by atoms with Crippen molar-refractivity contribution in [1.29, 1.82) is 0 Å². The van der Waals surface area contributed by atoms with Crippen LogP contribution in [0.3, 0.4) is 0 Å². The van der Waals surface area contributed by atoms with Gasteiger partial charge in [-0.15, -0.1) is 0 Å². The summed E-state index contributed by atoms with van der Waals surface area (Å²) in [5.41, 5.74) is 2.09. The fraction of sp³-hybridized carbons (Fsp3) is 0.435. The molecule has 0 radical (unpaired) electrons. The monoisotopic (exact) mass is 414 g/mol. The number of methoxy groups -OCH3 is 1. The van der Waals surface area contributed by atoms with Crippen LogP contribution in [0.15, 0.2) is 48.5 Å². The van der Waals surface area contributed by atoms with Crippen molar-refractivity contribution in [1.82, 2.24) is 20.0 Å². The van der Waals surface area contributed by atoms with Gasteiger partial charge in [-0.05, 0) is 37.4 Å². The molecule has 1 atom stereocenters. The highest BCUT2D eigenvalue weighted by atomic mass is 19.1. The summed E-state index contributed by atoms with van der Waals surface area (Å²) in [7, 11) is 5.50. The molecule has 30 heavy (non-hydrogen) atoms. The summed E-state index contributed by atoms with van der Waals surface area (Å²) in [5, 5.41) is 3.08. The van der Waals surface area contributed by atoms with Gasteiger partial charge in [0, 0.05) is 39.3 Å². The summed E-state index contributed by atoms with van der Waals surface area (Å²) in [6.07, 6.45) is 0. The first kappa shape index (κ1) is 22.1. The number of hydrogen-bond donors (Lipinski definition) is 1. The summed E-state index contributed by atoms with van der Waals surface area (Å²) in [4.78, 5) is 18.8. The van der Waals surface area contributed by atoms with Crippen LogP contribution in [0, 0.1) is 5.82 Å². The summed E-state index contributed by atoms with van der Waals surface area (Å²) in [5.74, 6) is -0.0892. The van der Waals surface area contributed by atoms with Gasteiger partial charge >= 0.3 is 6.03 Å². The molecule has 1 aliphatic heterocycles. The number of carbonyl (C=O) groups is 1. The van der Waals surface area contributed by atoms with Gasteiger partial charge in [0.05, 0.1) is 13.2 Å². The molecule has 1 unspecified atom stereocenters. The highest BCUT2D eigenvalue weighted by molar-refractivity contribution is 5.74. The highest BCUT2D eigenvalue weighted by Gasteiger charge is 2.23. The standard InChI is InChI=1S/C23H31FN4O2/c1-26(2)21(19-7-5-4-6-8-19)16-25-23(29)28-13-11-27(12-14-28)17-18-9-10-22(30-3)20(24)15-18/h4-10,15,21H,11-14,16-17H2,1-3H3,(H,25,29). The topological polar surface area (TPSA) is 48.1 Å². The molecule has 6 nitrogen and oxygen atoms in total. The van der Waals surface area contributed by atoms with Crippen LogP contribution in [-0.2, 0) is 6.54 Å². The van der Waals surface area contributed by atoms with Crippen molar-refractivity contribution >= 4 is 6.03 Å². The van der Waals surface area contributed by atoms with Crippen molar-refractivity contribution in [3.05, 3.63) is 65.5 Å². The van der Waals surface area contributed by atoms with Crippen molar-refractivity contribution in [2.45, 2.75) is 12.6 Å². The van der Waals surface area contributed by atoms with Gasteiger partial charge in [-0.2, -0.15) is 0 Å². The Morgan fingerprint density at radius 3 is 2.43 bits per heavy atom. The number of hydrogen-bond acceptors (Lipinski definition) is 4. The van der Waals surface area contributed by atoms with E-state index in [1.54, 1.807) is 6.07 Å². The molecular formula is C23H31FN4O2. The summed E-state index contributed by atoms with van der Waals surface area (Å²) < 4.78 is 18.9. The van der Waals surface area contributed by atoms with Crippen LogP contribution in [0.1, 0.15) is 17.2 Å². The minimum atomic E-state index is -0.345. The SMILES string of the molecule is COc1ccc(CN2CCN(C(=O)NCC(c3ccccc3)N(C)C)CC2)cc1F. The number of nitrogens with zero attached hydrogens (tertiary/aromatic N) is 3. The second-order valence-electron chi connectivity index (χ2n) is 7.81. The average Bonchev–Trinajstić information content (AvgIpc) is 2.75. The number of ether oxygens (including phenoxy) is 1. The molecule has 1 aliphatic rings. The largest absolute Gasteiger partial charge is 0.494 e. The average molecular weight is 415 g/mol.